The first-order valence-corrected chi connectivity index (χ1v) is 8.37. The van der Waals surface area contributed by atoms with Crippen molar-refractivity contribution >= 4 is 24.8 Å². The molecule has 1 unspecified atom stereocenters. The molecule has 0 amide bonds. The van der Waals surface area contributed by atoms with Gasteiger partial charge in [0.15, 0.2) is 24.0 Å². The molecule has 27 heavy (non-hydrogen) atoms. The van der Waals surface area contributed by atoms with Crippen LogP contribution in [0.15, 0.2) is 12.7 Å². The zero-order valence-corrected chi connectivity index (χ0v) is 19.6. The Bertz CT molecular complexity index is 821. The van der Waals surface area contributed by atoms with Crippen molar-refractivity contribution in [3.8, 4) is 0 Å². The van der Waals surface area contributed by atoms with E-state index in [-0.39, 0.29) is 76.1 Å². The Balaban J connectivity index is 0.00000182. The largest absolute Gasteiger partial charge is 1.00 e. The van der Waals surface area contributed by atoms with E-state index in [2.05, 4.69) is 19.5 Å². The van der Waals surface area contributed by atoms with Crippen LogP contribution in [-0.4, -0.2) is 61.4 Å². The van der Waals surface area contributed by atoms with Gasteiger partial charge in [-0.25, -0.2) is 15.0 Å². The normalized spacial score (nSPS) is 26.4. The number of aliphatic hydroxyl groups is 2. The third-order valence-electron chi connectivity index (χ3n) is 3.67. The molecule has 0 bridgehead atoms. The van der Waals surface area contributed by atoms with Crippen molar-refractivity contribution in [1.82, 2.24) is 19.5 Å². The van der Waals surface area contributed by atoms with Crippen LogP contribution in [0.4, 0.5) is 5.82 Å². The molecule has 1 aliphatic heterocycles. The first kappa shape index (κ1) is 25.3. The molecule has 2 aromatic heterocycles. The Hall–Kier alpha value is 0.300. The van der Waals surface area contributed by atoms with Gasteiger partial charge in [0, 0.05) is 7.11 Å². The summed E-state index contributed by atoms with van der Waals surface area (Å²) in [5.41, 5.74) is 6.15. The number of aliphatic hydroxyl groups excluding tert-OH is 2. The van der Waals surface area contributed by atoms with Crippen LogP contribution in [-0.2, 0) is 18.6 Å². The van der Waals surface area contributed by atoms with E-state index >= 15 is 0 Å². The summed E-state index contributed by atoms with van der Waals surface area (Å²) in [6.07, 6.45) is -5.11. The van der Waals surface area contributed by atoms with Crippen molar-refractivity contribution in [2.24, 2.45) is 0 Å². The molecule has 3 rings (SSSR count). The van der Waals surface area contributed by atoms with Crippen LogP contribution in [0.5, 0.6) is 0 Å². The minimum atomic E-state index is -5.42. The third-order valence-corrected chi connectivity index (χ3v) is 4.14. The molecule has 0 aliphatic carbocycles. The Morgan fingerprint density at radius 3 is 2.56 bits per heavy atom. The number of phosphoric acid groups is 1. The van der Waals surface area contributed by atoms with Crippen molar-refractivity contribution in [2.45, 2.75) is 30.8 Å². The Kier molecular flexibility index (Phi) is 9.26. The van der Waals surface area contributed by atoms with Gasteiger partial charge in [-0.05, 0) is 0 Å². The molecule has 1 aliphatic rings. The number of anilines is 1. The number of ether oxygens (including phenoxy) is 2. The maximum absolute atomic E-state index is 10.8. The fraction of sp³-hybridized carbons (Fsp3) is 0.545. The molecule has 0 spiro atoms. The number of nitrogens with zero attached hydrogens (tertiary/aromatic N) is 4. The number of imidazole rings is 1. The maximum atomic E-state index is 10.8. The van der Waals surface area contributed by atoms with E-state index < -0.39 is 38.7 Å². The van der Waals surface area contributed by atoms with Crippen LogP contribution in [0.3, 0.4) is 0 Å². The van der Waals surface area contributed by atoms with Gasteiger partial charge in [-0.1, -0.05) is 0 Å². The number of nitrogens with two attached hydrogens (primary N) is 1. The minimum absolute atomic E-state index is 0. The standard InChI is InChI=1S/C11H16N5O8P.2Na/c1-22-11(24-25(19,20)21)7-5(17)6(18)10(23-7)16-3-15-4-8(12)13-2-14-9(4)16;;/h2-3,5-7,10-11,17-18H,1H3,(H2,12,13,14)(H2,19,20,21);;/q;2*+1/p-2/t5-,6+,7-,10+,11?;;/m0../s1. The van der Waals surface area contributed by atoms with E-state index in [1.165, 1.54) is 17.2 Å². The Morgan fingerprint density at radius 1 is 1.30 bits per heavy atom. The average molecular weight is 421 g/mol. The van der Waals surface area contributed by atoms with Crippen molar-refractivity contribution < 1.29 is 97.7 Å². The number of nitrogen functional groups attached to an aromatic ring is 1. The quantitative estimate of drug-likeness (QED) is 0.234. The second kappa shape index (κ2) is 9.87. The molecule has 1 saturated heterocycles. The molecule has 0 saturated carbocycles. The summed E-state index contributed by atoms with van der Waals surface area (Å²) < 4.78 is 26.5. The van der Waals surface area contributed by atoms with Crippen LogP contribution < -0.4 is 74.6 Å². The zero-order valence-electron chi connectivity index (χ0n) is 14.7. The second-order valence-electron chi connectivity index (χ2n) is 5.21. The number of methoxy groups -OCH3 is 1. The molecular weight excluding hydrogens is 407 g/mol. The number of aromatic nitrogens is 4. The summed E-state index contributed by atoms with van der Waals surface area (Å²) in [5, 5.41) is 20.4. The topological polar surface area (TPSA) is 201 Å². The number of hydrogen-bond donors (Lipinski definition) is 3. The molecule has 5 atom stereocenters. The van der Waals surface area contributed by atoms with E-state index in [0.29, 0.717) is 0 Å². The molecule has 3 heterocycles. The van der Waals surface area contributed by atoms with Crippen LogP contribution in [0, 0.1) is 0 Å². The summed E-state index contributed by atoms with van der Waals surface area (Å²) in [5.74, 6) is 0.102. The molecular formula is C11H14N5Na2O8P. The summed E-state index contributed by atoms with van der Waals surface area (Å²) >= 11 is 0. The number of hydrogen-bond acceptors (Lipinski definition) is 12. The molecule has 4 N–H and O–H groups in total. The summed E-state index contributed by atoms with van der Waals surface area (Å²) in [7, 11) is -4.36. The predicted molar refractivity (Wildman–Crippen MR) is 75.1 cm³/mol. The van der Waals surface area contributed by atoms with E-state index in [0.717, 1.165) is 7.11 Å². The van der Waals surface area contributed by atoms with Gasteiger partial charge < -0.3 is 44.3 Å². The zero-order chi connectivity index (χ0) is 18.4. The summed E-state index contributed by atoms with van der Waals surface area (Å²) in [4.78, 5) is 33.4. The Labute approximate surface area is 197 Å². The van der Waals surface area contributed by atoms with Gasteiger partial charge in [0.2, 0.25) is 0 Å². The third kappa shape index (κ3) is 5.27. The van der Waals surface area contributed by atoms with Crippen LogP contribution in [0.25, 0.3) is 11.2 Å². The van der Waals surface area contributed by atoms with Gasteiger partial charge in [0.1, 0.15) is 30.2 Å². The second-order valence-corrected chi connectivity index (χ2v) is 6.32. The molecule has 1 fully saturated rings. The fourth-order valence-electron chi connectivity index (χ4n) is 2.56. The van der Waals surface area contributed by atoms with Gasteiger partial charge in [0.05, 0.1) is 14.2 Å². The van der Waals surface area contributed by atoms with E-state index in [4.69, 9.17) is 15.2 Å². The molecule has 16 heteroatoms. The predicted octanol–water partition coefficient (Wildman–Crippen LogP) is -9.15. The fourth-order valence-corrected chi connectivity index (χ4v) is 3.02. The monoisotopic (exact) mass is 421 g/mol. The number of rotatable bonds is 5. The van der Waals surface area contributed by atoms with Gasteiger partial charge in [0.25, 0.3) is 0 Å². The molecule has 2 aromatic rings. The number of fused-ring (bicyclic) bond motifs is 1. The van der Waals surface area contributed by atoms with Crippen LogP contribution >= 0.6 is 7.82 Å². The molecule has 138 valence electrons. The molecule has 13 nitrogen and oxygen atoms in total. The van der Waals surface area contributed by atoms with Crippen LogP contribution in [0.1, 0.15) is 6.23 Å². The first-order valence-electron chi connectivity index (χ1n) is 6.91. The Morgan fingerprint density at radius 2 is 1.96 bits per heavy atom. The van der Waals surface area contributed by atoms with Gasteiger partial charge in [-0.15, -0.1) is 0 Å². The van der Waals surface area contributed by atoms with Gasteiger partial charge >= 0.3 is 59.1 Å². The van der Waals surface area contributed by atoms with Crippen molar-refractivity contribution in [3.63, 3.8) is 0 Å². The van der Waals surface area contributed by atoms with Crippen molar-refractivity contribution in [3.05, 3.63) is 12.7 Å². The smallest absolute Gasteiger partial charge is 0.790 e. The van der Waals surface area contributed by atoms with E-state index in [9.17, 15) is 24.6 Å². The van der Waals surface area contributed by atoms with E-state index in [1.807, 2.05) is 0 Å². The van der Waals surface area contributed by atoms with Gasteiger partial charge in [-0.3, -0.25) is 4.57 Å². The average Bonchev–Trinajstić information content (AvgIpc) is 3.08. The molecule has 0 radical (unpaired) electrons. The van der Waals surface area contributed by atoms with E-state index in [1.54, 1.807) is 0 Å². The summed E-state index contributed by atoms with van der Waals surface area (Å²) in [6, 6.07) is 0. The number of phosphoric ester groups is 1. The van der Waals surface area contributed by atoms with Crippen molar-refractivity contribution in [1.29, 1.82) is 0 Å². The van der Waals surface area contributed by atoms with Crippen molar-refractivity contribution in [2.75, 3.05) is 12.8 Å². The minimum Gasteiger partial charge on any atom is -0.790 e. The SMILES string of the molecule is COC(OP(=O)([O-])[O-])[C@H]1O[C@@H](n2cnc3c(N)ncnc32)[C@H](O)[C@@H]1O.[Na+].[Na+]. The first-order chi connectivity index (χ1) is 11.7. The van der Waals surface area contributed by atoms with Gasteiger partial charge in [-0.2, -0.15) is 0 Å². The maximum Gasteiger partial charge on any atom is 1.00 e. The van der Waals surface area contributed by atoms with Crippen LogP contribution in [0.2, 0.25) is 0 Å². The molecule has 0 aromatic carbocycles. The summed E-state index contributed by atoms with van der Waals surface area (Å²) in [6.45, 7) is 0.